The third-order valence-corrected chi connectivity index (χ3v) is 12.2. The predicted molar refractivity (Wildman–Crippen MR) is 246 cm³/mol. The van der Waals surface area contributed by atoms with Crippen LogP contribution in [-0.2, 0) is 14.3 Å². The number of esters is 1. The van der Waals surface area contributed by atoms with Crippen molar-refractivity contribution in [1.29, 1.82) is 0 Å². The largest absolute Gasteiger partial charge is 0.462 e. The van der Waals surface area contributed by atoms with Crippen molar-refractivity contribution >= 4 is 11.9 Å². The summed E-state index contributed by atoms with van der Waals surface area (Å²) in [6, 6.07) is -0.691. The number of rotatable bonds is 47. The van der Waals surface area contributed by atoms with E-state index in [1.165, 1.54) is 205 Å². The summed E-state index contributed by atoms with van der Waals surface area (Å²) >= 11 is 0. The molecule has 6 heteroatoms. The summed E-state index contributed by atoms with van der Waals surface area (Å²) in [4.78, 5) is 26.0. The van der Waals surface area contributed by atoms with Crippen LogP contribution in [0.2, 0.25) is 0 Å². The maximum Gasteiger partial charge on any atom is 0.306 e. The first-order valence-corrected chi connectivity index (χ1v) is 25.8. The Morgan fingerprint density at radius 3 is 1.07 bits per heavy atom. The van der Waals surface area contributed by atoms with Crippen molar-refractivity contribution in [3.8, 4) is 0 Å². The van der Waals surface area contributed by atoms with Crippen molar-refractivity contribution in [3.05, 3.63) is 0 Å². The topological polar surface area (TPSA) is 95.9 Å². The Kier molecular flexibility index (Phi) is 45.0. The first kappa shape index (κ1) is 55.9. The van der Waals surface area contributed by atoms with E-state index in [9.17, 15) is 19.8 Å². The van der Waals surface area contributed by atoms with Crippen molar-refractivity contribution in [2.45, 2.75) is 309 Å². The Labute approximate surface area is 356 Å². The minimum absolute atomic E-state index is 0.0866. The van der Waals surface area contributed by atoms with Gasteiger partial charge < -0.3 is 20.3 Å². The van der Waals surface area contributed by atoms with E-state index in [1.807, 2.05) is 0 Å². The average molecular weight is 808 g/mol. The van der Waals surface area contributed by atoms with Crippen molar-refractivity contribution in [2.75, 3.05) is 6.61 Å². The molecule has 57 heavy (non-hydrogen) atoms. The fraction of sp³-hybridized carbons (Fsp3) is 0.961. The molecule has 0 radical (unpaired) electrons. The fourth-order valence-electron chi connectivity index (χ4n) is 8.26. The van der Waals surface area contributed by atoms with Gasteiger partial charge in [-0.25, -0.2) is 0 Å². The monoisotopic (exact) mass is 808 g/mol. The smallest absolute Gasteiger partial charge is 0.306 e. The highest BCUT2D eigenvalue weighted by atomic mass is 16.5. The standard InChI is InChI=1S/C51H101NO5/c1-4-7-10-13-16-19-21-23-25-26-28-30-32-35-38-41-44-51(56)57-47(42-39-36-33-18-15-12-9-6-3)45-50(55)52-48(46-53)49(54)43-40-37-34-31-29-27-24-22-20-17-14-11-8-5-2/h47-49,53-54H,4-46H2,1-3H3,(H,52,55). The average Bonchev–Trinajstić information content (AvgIpc) is 3.20. The lowest BCUT2D eigenvalue weighted by Crippen LogP contribution is -2.46. The number of hydrogen-bond donors (Lipinski definition) is 3. The minimum Gasteiger partial charge on any atom is -0.462 e. The molecule has 0 rings (SSSR count). The van der Waals surface area contributed by atoms with Gasteiger partial charge in [-0.2, -0.15) is 0 Å². The normalized spacial score (nSPS) is 13.1. The van der Waals surface area contributed by atoms with E-state index in [0.717, 1.165) is 38.5 Å². The second-order valence-corrected chi connectivity index (χ2v) is 17.9. The van der Waals surface area contributed by atoms with Crippen molar-refractivity contribution in [1.82, 2.24) is 5.32 Å². The third-order valence-electron chi connectivity index (χ3n) is 12.2. The van der Waals surface area contributed by atoms with E-state index in [-0.39, 0.29) is 24.9 Å². The summed E-state index contributed by atoms with van der Waals surface area (Å²) in [5, 5.41) is 23.7. The zero-order valence-corrected chi connectivity index (χ0v) is 38.8. The Morgan fingerprint density at radius 1 is 0.439 bits per heavy atom. The summed E-state index contributed by atoms with van der Waals surface area (Å²) in [7, 11) is 0. The third kappa shape index (κ3) is 41.4. The van der Waals surface area contributed by atoms with Gasteiger partial charge in [0.2, 0.25) is 5.91 Å². The van der Waals surface area contributed by atoms with Gasteiger partial charge in [0, 0.05) is 6.42 Å². The van der Waals surface area contributed by atoms with Gasteiger partial charge in [0.15, 0.2) is 0 Å². The number of nitrogens with one attached hydrogen (secondary N) is 1. The maximum absolute atomic E-state index is 13.1. The van der Waals surface area contributed by atoms with Crippen LogP contribution in [0.4, 0.5) is 0 Å². The maximum atomic E-state index is 13.1. The molecular weight excluding hydrogens is 707 g/mol. The number of ether oxygens (including phenoxy) is 1. The zero-order chi connectivity index (χ0) is 41.7. The van der Waals surface area contributed by atoms with Crippen LogP contribution in [0.25, 0.3) is 0 Å². The summed E-state index contributed by atoms with van der Waals surface area (Å²) < 4.78 is 5.91. The first-order valence-electron chi connectivity index (χ1n) is 25.8. The molecule has 0 bridgehead atoms. The van der Waals surface area contributed by atoms with Crippen molar-refractivity contribution < 1.29 is 24.5 Å². The SMILES string of the molecule is CCCCCCCCCCCCCCCCCCC(=O)OC(CCCCCCCCCC)CC(=O)NC(CO)C(O)CCCCCCCCCCCCCCCC. The van der Waals surface area contributed by atoms with E-state index in [1.54, 1.807) is 0 Å². The number of unbranched alkanes of at least 4 members (excludes halogenated alkanes) is 35. The van der Waals surface area contributed by atoms with Gasteiger partial charge in [0.25, 0.3) is 0 Å². The van der Waals surface area contributed by atoms with Crippen LogP contribution in [0.3, 0.4) is 0 Å². The van der Waals surface area contributed by atoms with E-state index >= 15 is 0 Å². The molecular formula is C51H101NO5. The Balaban J connectivity index is 4.36. The number of amides is 1. The van der Waals surface area contributed by atoms with Crippen LogP contribution >= 0.6 is 0 Å². The number of aliphatic hydroxyl groups excluding tert-OH is 2. The Bertz CT molecular complexity index is 821. The Hall–Kier alpha value is -1.14. The number of carbonyl (C=O) groups excluding carboxylic acids is 2. The zero-order valence-electron chi connectivity index (χ0n) is 38.8. The molecule has 1 amide bonds. The van der Waals surface area contributed by atoms with E-state index in [2.05, 4.69) is 26.1 Å². The van der Waals surface area contributed by atoms with Gasteiger partial charge in [-0.1, -0.05) is 252 Å². The number of carbonyl (C=O) groups is 2. The van der Waals surface area contributed by atoms with Crippen LogP contribution in [-0.4, -0.2) is 46.9 Å². The summed E-state index contributed by atoms with van der Waals surface area (Å²) in [6.45, 7) is 6.49. The molecule has 0 saturated heterocycles. The van der Waals surface area contributed by atoms with Gasteiger partial charge in [-0.15, -0.1) is 0 Å². The molecule has 0 aromatic rings. The highest BCUT2D eigenvalue weighted by Crippen LogP contribution is 2.19. The molecule has 3 atom stereocenters. The molecule has 3 N–H and O–H groups in total. The molecule has 0 aliphatic heterocycles. The lowest BCUT2D eigenvalue weighted by Gasteiger charge is -2.24. The molecule has 0 aromatic carbocycles. The molecule has 0 heterocycles. The molecule has 0 aliphatic rings. The second-order valence-electron chi connectivity index (χ2n) is 17.9. The molecule has 340 valence electrons. The molecule has 0 saturated carbocycles. The first-order chi connectivity index (χ1) is 28.0. The lowest BCUT2D eigenvalue weighted by molar-refractivity contribution is -0.151. The molecule has 3 unspecified atom stereocenters. The van der Waals surface area contributed by atoms with Crippen molar-refractivity contribution in [3.63, 3.8) is 0 Å². The summed E-state index contributed by atoms with van der Waals surface area (Å²) in [5.74, 6) is -0.455. The number of hydrogen-bond acceptors (Lipinski definition) is 5. The highest BCUT2D eigenvalue weighted by Gasteiger charge is 2.24. The number of aliphatic hydroxyl groups is 2. The van der Waals surface area contributed by atoms with Crippen LogP contribution in [0.1, 0.15) is 290 Å². The van der Waals surface area contributed by atoms with Gasteiger partial charge >= 0.3 is 5.97 Å². The van der Waals surface area contributed by atoms with Crippen LogP contribution in [0.15, 0.2) is 0 Å². The van der Waals surface area contributed by atoms with Gasteiger partial charge in [0.1, 0.15) is 6.10 Å². The fourth-order valence-corrected chi connectivity index (χ4v) is 8.26. The van der Waals surface area contributed by atoms with Gasteiger partial charge in [-0.3, -0.25) is 9.59 Å². The van der Waals surface area contributed by atoms with Crippen LogP contribution in [0.5, 0.6) is 0 Å². The van der Waals surface area contributed by atoms with Gasteiger partial charge in [0.05, 0.1) is 25.2 Å². The van der Waals surface area contributed by atoms with E-state index < -0.39 is 18.2 Å². The summed E-state index contributed by atoms with van der Waals surface area (Å²) in [5.41, 5.74) is 0. The Morgan fingerprint density at radius 2 is 0.737 bits per heavy atom. The summed E-state index contributed by atoms with van der Waals surface area (Å²) in [6.07, 6.45) is 48.8. The quantitative estimate of drug-likeness (QED) is 0.0420. The molecule has 6 nitrogen and oxygen atoms in total. The van der Waals surface area contributed by atoms with E-state index in [4.69, 9.17) is 4.74 Å². The van der Waals surface area contributed by atoms with Crippen LogP contribution < -0.4 is 5.32 Å². The minimum atomic E-state index is -0.778. The molecule has 0 spiro atoms. The van der Waals surface area contributed by atoms with Crippen molar-refractivity contribution in [2.24, 2.45) is 0 Å². The van der Waals surface area contributed by atoms with Gasteiger partial charge in [-0.05, 0) is 25.7 Å². The lowest BCUT2D eigenvalue weighted by atomic mass is 10.0. The van der Waals surface area contributed by atoms with E-state index in [0.29, 0.717) is 19.3 Å². The molecule has 0 aromatic heterocycles. The highest BCUT2D eigenvalue weighted by molar-refractivity contribution is 5.77. The second kappa shape index (κ2) is 45.9. The molecule has 0 fully saturated rings. The van der Waals surface area contributed by atoms with Crippen LogP contribution in [0, 0.1) is 0 Å². The predicted octanol–water partition coefficient (Wildman–Crippen LogP) is 15.2. The molecule has 0 aliphatic carbocycles.